The van der Waals surface area contributed by atoms with Crippen molar-refractivity contribution in [3.05, 3.63) is 0 Å². The molecular weight excluding hydrogens is 172 g/mol. The summed E-state index contributed by atoms with van der Waals surface area (Å²) in [6, 6.07) is 0.745. The minimum Gasteiger partial charge on any atom is -0.312 e. The fourth-order valence-electron chi connectivity index (χ4n) is 2.24. The van der Waals surface area contributed by atoms with Crippen molar-refractivity contribution < 1.29 is 0 Å². The van der Waals surface area contributed by atoms with E-state index in [2.05, 4.69) is 31.1 Å². The molecule has 1 aliphatic rings. The molecule has 0 aliphatic carbocycles. The summed E-state index contributed by atoms with van der Waals surface area (Å²) in [5.41, 5.74) is 0. The van der Waals surface area contributed by atoms with E-state index in [1.165, 1.54) is 45.3 Å². The van der Waals surface area contributed by atoms with Crippen LogP contribution in [0.3, 0.4) is 0 Å². The van der Waals surface area contributed by atoms with E-state index in [-0.39, 0.29) is 0 Å². The van der Waals surface area contributed by atoms with E-state index < -0.39 is 0 Å². The zero-order chi connectivity index (χ0) is 10.4. The van der Waals surface area contributed by atoms with Gasteiger partial charge < -0.3 is 10.2 Å². The van der Waals surface area contributed by atoms with E-state index in [9.17, 15) is 0 Å². The second-order valence-electron chi connectivity index (χ2n) is 4.69. The van der Waals surface area contributed by atoms with Crippen molar-refractivity contribution in [1.29, 1.82) is 0 Å². The summed E-state index contributed by atoms with van der Waals surface area (Å²) in [6.07, 6.45) is 5.35. The largest absolute Gasteiger partial charge is 0.312 e. The van der Waals surface area contributed by atoms with Crippen LogP contribution < -0.4 is 5.32 Å². The molecule has 14 heavy (non-hydrogen) atoms. The van der Waals surface area contributed by atoms with Gasteiger partial charge in [-0.05, 0) is 38.9 Å². The molecule has 1 fully saturated rings. The van der Waals surface area contributed by atoms with Crippen molar-refractivity contribution in [2.45, 2.75) is 45.6 Å². The molecule has 0 amide bonds. The maximum atomic E-state index is 3.71. The van der Waals surface area contributed by atoms with Crippen LogP contribution in [0.4, 0.5) is 0 Å². The van der Waals surface area contributed by atoms with Crippen molar-refractivity contribution in [3.63, 3.8) is 0 Å². The number of hydrogen-bond acceptors (Lipinski definition) is 2. The summed E-state index contributed by atoms with van der Waals surface area (Å²) in [6.45, 7) is 8.32. The first-order chi connectivity index (χ1) is 6.76. The van der Waals surface area contributed by atoms with Gasteiger partial charge in [0.15, 0.2) is 0 Å². The van der Waals surface area contributed by atoms with E-state index in [0.29, 0.717) is 0 Å². The SMILES string of the molecule is CCC(CC)CNC1CCCN(C)C1. The fourth-order valence-corrected chi connectivity index (χ4v) is 2.24. The van der Waals surface area contributed by atoms with E-state index in [4.69, 9.17) is 0 Å². The first-order valence-corrected chi connectivity index (χ1v) is 6.18. The van der Waals surface area contributed by atoms with Crippen LogP contribution >= 0.6 is 0 Å². The number of nitrogens with one attached hydrogen (secondary N) is 1. The van der Waals surface area contributed by atoms with Crippen LogP contribution in [0.15, 0.2) is 0 Å². The lowest BCUT2D eigenvalue weighted by Gasteiger charge is -2.31. The van der Waals surface area contributed by atoms with Crippen molar-refractivity contribution in [3.8, 4) is 0 Å². The van der Waals surface area contributed by atoms with Crippen molar-refractivity contribution in [2.75, 3.05) is 26.7 Å². The highest BCUT2D eigenvalue weighted by atomic mass is 15.1. The predicted octanol–water partition coefficient (Wildman–Crippen LogP) is 2.11. The lowest BCUT2D eigenvalue weighted by Crippen LogP contribution is -2.45. The molecule has 0 radical (unpaired) electrons. The topological polar surface area (TPSA) is 15.3 Å². The Bertz CT molecular complexity index is 143. The number of nitrogens with zero attached hydrogens (tertiary/aromatic N) is 1. The zero-order valence-corrected chi connectivity index (χ0v) is 10.1. The molecule has 1 unspecified atom stereocenters. The van der Waals surface area contributed by atoms with E-state index in [1.807, 2.05) is 0 Å². The molecule has 1 heterocycles. The summed E-state index contributed by atoms with van der Waals surface area (Å²) in [7, 11) is 2.23. The lowest BCUT2D eigenvalue weighted by atomic mass is 10.0. The second-order valence-corrected chi connectivity index (χ2v) is 4.69. The lowest BCUT2D eigenvalue weighted by molar-refractivity contribution is 0.221. The molecule has 0 bridgehead atoms. The molecule has 2 nitrogen and oxygen atoms in total. The average molecular weight is 198 g/mol. The molecule has 84 valence electrons. The Morgan fingerprint density at radius 1 is 1.36 bits per heavy atom. The van der Waals surface area contributed by atoms with Gasteiger partial charge in [-0.2, -0.15) is 0 Å². The summed E-state index contributed by atoms with van der Waals surface area (Å²) in [5, 5.41) is 3.71. The van der Waals surface area contributed by atoms with Gasteiger partial charge in [0.25, 0.3) is 0 Å². The smallest absolute Gasteiger partial charge is 0.0195 e. The standard InChI is InChI=1S/C12H26N2/c1-4-11(5-2)9-13-12-7-6-8-14(3)10-12/h11-13H,4-10H2,1-3H3. The normalized spacial score (nSPS) is 24.4. The van der Waals surface area contributed by atoms with Crippen LogP contribution in [-0.2, 0) is 0 Å². The van der Waals surface area contributed by atoms with Gasteiger partial charge in [-0.15, -0.1) is 0 Å². The first kappa shape index (κ1) is 12.0. The van der Waals surface area contributed by atoms with E-state index >= 15 is 0 Å². The first-order valence-electron chi connectivity index (χ1n) is 6.18. The van der Waals surface area contributed by atoms with Gasteiger partial charge in [0.2, 0.25) is 0 Å². The molecule has 0 aromatic heterocycles. The highest BCUT2D eigenvalue weighted by molar-refractivity contribution is 4.77. The van der Waals surface area contributed by atoms with Crippen LogP contribution in [0.2, 0.25) is 0 Å². The molecule has 1 N–H and O–H groups in total. The van der Waals surface area contributed by atoms with Crippen LogP contribution in [0, 0.1) is 5.92 Å². The van der Waals surface area contributed by atoms with Crippen molar-refractivity contribution >= 4 is 0 Å². The molecular formula is C12H26N2. The third kappa shape index (κ3) is 3.97. The van der Waals surface area contributed by atoms with Crippen LogP contribution in [-0.4, -0.2) is 37.6 Å². The molecule has 0 saturated carbocycles. The average Bonchev–Trinajstić information content (AvgIpc) is 2.19. The van der Waals surface area contributed by atoms with Crippen molar-refractivity contribution in [2.24, 2.45) is 5.92 Å². The molecule has 1 aliphatic heterocycles. The molecule has 1 saturated heterocycles. The third-order valence-electron chi connectivity index (χ3n) is 3.47. The van der Waals surface area contributed by atoms with Crippen LogP contribution in [0.1, 0.15) is 39.5 Å². The number of hydrogen-bond donors (Lipinski definition) is 1. The number of piperidine rings is 1. The van der Waals surface area contributed by atoms with Gasteiger partial charge in [-0.1, -0.05) is 26.7 Å². The predicted molar refractivity (Wildman–Crippen MR) is 62.6 cm³/mol. The van der Waals surface area contributed by atoms with Crippen molar-refractivity contribution in [1.82, 2.24) is 10.2 Å². The van der Waals surface area contributed by atoms with Gasteiger partial charge in [0, 0.05) is 12.6 Å². The summed E-state index contributed by atoms with van der Waals surface area (Å²) < 4.78 is 0. The Hall–Kier alpha value is -0.0800. The summed E-state index contributed by atoms with van der Waals surface area (Å²) in [5.74, 6) is 0.877. The van der Waals surface area contributed by atoms with Gasteiger partial charge >= 0.3 is 0 Å². The Kier molecular flexibility index (Phi) is 5.49. The third-order valence-corrected chi connectivity index (χ3v) is 3.47. The van der Waals surface area contributed by atoms with E-state index in [1.54, 1.807) is 0 Å². The van der Waals surface area contributed by atoms with Gasteiger partial charge in [-0.25, -0.2) is 0 Å². The maximum absolute atomic E-state index is 3.71. The van der Waals surface area contributed by atoms with E-state index in [0.717, 1.165) is 12.0 Å². The van der Waals surface area contributed by atoms with Gasteiger partial charge in [0.05, 0.1) is 0 Å². The number of rotatable bonds is 5. The number of likely N-dealkylation sites (tertiary alicyclic amines) is 1. The Morgan fingerprint density at radius 2 is 2.07 bits per heavy atom. The number of likely N-dealkylation sites (N-methyl/N-ethyl adjacent to an activating group) is 1. The monoisotopic (exact) mass is 198 g/mol. The maximum Gasteiger partial charge on any atom is 0.0195 e. The van der Waals surface area contributed by atoms with Crippen LogP contribution in [0.5, 0.6) is 0 Å². The minimum atomic E-state index is 0.745. The Morgan fingerprint density at radius 3 is 2.64 bits per heavy atom. The molecule has 1 rings (SSSR count). The molecule has 1 atom stereocenters. The Balaban J connectivity index is 2.16. The summed E-state index contributed by atoms with van der Waals surface area (Å²) >= 11 is 0. The summed E-state index contributed by atoms with van der Waals surface area (Å²) in [4.78, 5) is 2.44. The molecule has 0 spiro atoms. The fraction of sp³-hybridized carbons (Fsp3) is 1.00. The highest BCUT2D eigenvalue weighted by Gasteiger charge is 2.17. The van der Waals surface area contributed by atoms with Crippen LogP contribution in [0.25, 0.3) is 0 Å². The highest BCUT2D eigenvalue weighted by Crippen LogP contribution is 2.10. The second kappa shape index (κ2) is 6.41. The minimum absolute atomic E-state index is 0.745. The molecule has 0 aromatic carbocycles. The Labute approximate surface area is 89.1 Å². The quantitative estimate of drug-likeness (QED) is 0.728. The van der Waals surface area contributed by atoms with Gasteiger partial charge in [0.1, 0.15) is 0 Å². The molecule has 0 aromatic rings. The zero-order valence-electron chi connectivity index (χ0n) is 10.1. The van der Waals surface area contributed by atoms with Gasteiger partial charge in [-0.3, -0.25) is 0 Å². The molecule has 2 heteroatoms.